The van der Waals surface area contributed by atoms with Gasteiger partial charge in [0, 0.05) is 6.54 Å². The van der Waals surface area contributed by atoms with Gasteiger partial charge in [-0.2, -0.15) is 0 Å². The van der Waals surface area contributed by atoms with Crippen molar-refractivity contribution in [3.63, 3.8) is 0 Å². The lowest BCUT2D eigenvalue weighted by atomic mass is 10.2. The smallest absolute Gasteiger partial charge is 0.407 e. The maximum absolute atomic E-state index is 13.6. The Morgan fingerprint density at radius 2 is 2.00 bits per heavy atom. The number of hydrazine groups is 1. The van der Waals surface area contributed by atoms with Crippen molar-refractivity contribution in [1.82, 2.24) is 15.6 Å². The number of para-hydroxylation sites is 1. The second-order valence-corrected chi connectivity index (χ2v) is 8.50. The predicted molar refractivity (Wildman–Crippen MR) is 122 cm³/mol. The third-order valence-corrected chi connectivity index (χ3v) is 5.77. The number of nitrogens with zero attached hydrogens (tertiary/aromatic N) is 2. The maximum Gasteiger partial charge on any atom is 0.407 e. The monoisotopic (exact) mass is 494 g/mol. The van der Waals surface area contributed by atoms with Gasteiger partial charge in [0.1, 0.15) is 12.6 Å². The molecule has 33 heavy (non-hydrogen) atoms. The fourth-order valence-corrected chi connectivity index (χ4v) is 4.02. The van der Waals surface area contributed by atoms with Crippen LogP contribution in [0.25, 0.3) is 0 Å². The molecule has 1 aromatic heterocycles. The average Bonchev–Trinajstić information content (AvgIpc) is 3.25. The summed E-state index contributed by atoms with van der Waals surface area (Å²) in [5.41, 5.74) is 0.421. The van der Waals surface area contributed by atoms with Crippen molar-refractivity contribution in [2.24, 2.45) is 0 Å². The van der Waals surface area contributed by atoms with Crippen molar-refractivity contribution in [2.75, 3.05) is 37.9 Å². The quantitative estimate of drug-likeness (QED) is 0.580. The minimum Gasteiger partial charge on any atom is -0.450 e. The van der Waals surface area contributed by atoms with E-state index in [0.29, 0.717) is 14.9 Å². The van der Waals surface area contributed by atoms with E-state index in [1.165, 1.54) is 10.0 Å². The number of ether oxygens (including phenoxy) is 2. The lowest BCUT2D eigenvalue weighted by Gasteiger charge is -2.38. The van der Waals surface area contributed by atoms with Gasteiger partial charge >= 0.3 is 6.09 Å². The lowest BCUT2D eigenvalue weighted by molar-refractivity contribution is -0.147. The molecule has 10 nitrogen and oxygen atoms in total. The fraction of sp³-hybridized carbons (Fsp3) is 0.333. The molecule has 1 fully saturated rings. The Bertz CT molecular complexity index is 1000. The van der Waals surface area contributed by atoms with Gasteiger partial charge in [-0.15, -0.1) is 11.3 Å². The number of anilines is 1. The molecule has 3 rings (SSSR count). The summed E-state index contributed by atoms with van der Waals surface area (Å²) in [6, 6.07) is 10.5. The molecule has 1 aliphatic heterocycles. The molecule has 1 aromatic carbocycles. The van der Waals surface area contributed by atoms with E-state index in [0.717, 1.165) is 11.3 Å². The summed E-state index contributed by atoms with van der Waals surface area (Å²) < 4.78 is 10.5. The summed E-state index contributed by atoms with van der Waals surface area (Å²) in [5, 5.41) is 7.56. The first-order valence-corrected chi connectivity index (χ1v) is 11.3. The SMILES string of the molecule is CCOC(=O)NC(CNC(=O)c1ccc(Cl)s1)C(=O)N(c1ccccc1)N1CCOCC1=O. The molecule has 1 saturated heterocycles. The molecule has 2 heterocycles. The largest absolute Gasteiger partial charge is 0.450 e. The molecule has 0 spiro atoms. The topological polar surface area (TPSA) is 117 Å². The number of hydrogen-bond acceptors (Lipinski definition) is 7. The third-order valence-electron chi connectivity index (χ3n) is 4.54. The zero-order valence-electron chi connectivity index (χ0n) is 17.8. The van der Waals surface area contributed by atoms with Crippen LogP contribution in [-0.2, 0) is 19.1 Å². The highest BCUT2D eigenvalue weighted by atomic mass is 35.5. The molecule has 0 bridgehead atoms. The number of carbonyl (C=O) groups excluding carboxylic acids is 4. The third kappa shape index (κ3) is 6.44. The molecule has 0 radical (unpaired) electrons. The van der Waals surface area contributed by atoms with Crippen LogP contribution in [0.15, 0.2) is 42.5 Å². The Hall–Kier alpha value is -3.15. The van der Waals surface area contributed by atoms with Crippen LogP contribution in [-0.4, -0.2) is 67.8 Å². The molecule has 12 heteroatoms. The van der Waals surface area contributed by atoms with E-state index in [4.69, 9.17) is 21.1 Å². The Balaban J connectivity index is 1.86. The zero-order chi connectivity index (χ0) is 23.8. The highest BCUT2D eigenvalue weighted by Gasteiger charge is 2.35. The van der Waals surface area contributed by atoms with Crippen LogP contribution >= 0.6 is 22.9 Å². The Labute approximate surface area is 199 Å². The minimum atomic E-state index is -1.22. The van der Waals surface area contributed by atoms with Crippen LogP contribution < -0.4 is 15.6 Å². The molecule has 0 aliphatic carbocycles. The van der Waals surface area contributed by atoms with Crippen LogP contribution in [0.4, 0.5) is 10.5 Å². The van der Waals surface area contributed by atoms with Gasteiger partial charge in [-0.05, 0) is 31.2 Å². The van der Waals surface area contributed by atoms with E-state index in [2.05, 4.69) is 10.6 Å². The van der Waals surface area contributed by atoms with Gasteiger partial charge in [0.05, 0.1) is 34.7 Å². The van der Waals surface area contributed by atoms with E-state index in [1.807, 2.05) is 0 Å². The number of amides is 4. The second kappa shape index (κ2) is 11.6. The van der Waals surface area contributed by atoms with E-state index < -0.39 is 29.9 Å². The summed E-state index contributed by atoms with van der Waals surface area (Å²) in [6.07, 6.45) is -0.828. The van der Waals surface area contributed by atoms with Crippen LogP contribution in [0.5, 0.6) is 0 Å². The van der Waals surface area contributed by atoms with Gasteiger partial charge in [-0.25, -0.2) is 14.8 Å². The standard InChI is InChI=1S/C21H23ClN4O6S/c1-2-32-21(30)24-15(12-23-19(28)16-8-9-17(22)33-16)20(29)26(14-6-4-3-5-7-14)25-10-11-31-13-18(25)27/h3-9,15H,2,10-13H2,1H3,(H,23,28)(H,24,30). The van der Waals surface area contributed by atoms with E-state index in [-0.39, 0.29) is 32.9 Å². The van der Waals surface area contributed by atoms with Crippen molar-refractivity contribution in [3.8, 4) is 0 Å². The molecule has 176 valence electrons. The molecule has 1 atom stereocenters. The normalized spacial score (nSPS) is 14.4. The molecular weight excluding hydrogens is 472 g/mol. The fourth-order valence-electron chi connectivity index (χ4n) is 3.06. The maximum atomic E-state index is 13.6. The predicted octanol–water partition coefficient (Wildman–Crippen LogP) is 2.05. The number of thiophene rings is 1. The molecule has 2 aromatic rings. The Morgan fingerprint density at radius 1 is 1.24 bits per heavy atom. The zero-order valence-corrected chi connectivity index (χ0v) is 19.4. The Morgan fingerprint density at radius 3 is 2.64 bits per heavy atom. The highest BCUT2D eigenvalue weighted by molar-refractivity contribution is 7.18. The van der Waals surface area contributed by atoms with Crippen LogP contribution in [0.1, 0.15) is 16.6 Å². The summed E-state index contributed by atoms with van der Waals surface area (Å²) in [4.78, 5) is 51.1. The molecule has 1 aliphatic rings. The van der Waals surface area contributed by atoms with Crippen molar-refractivity contribution < 1.29 is 28.7 Å². The van der Waals surface area contributed by atoms with Crippen LogP contribution in [0.2, 0.25) is 4.34 Å². The number of hydrogen-bond donors (Lipinski definition) is 2. The summed E-state index contributed by atoms with van der Waals surface area (Å²) >= 11 is 6.97. The first-order chi connectivity index (χ1) is 15.9. The van der Waals surface area contributed by atoms with Gasteiger partial charge in [-0.1, -0.05) is 29.8 Å². The molecule has 0 saturated carbocycles. The van der Waals surface area contributed by atoms with Gasteiger partial charge in [0.2, 0.25) is 0 Å². The number of alkyl carbamates (subject to hydrolysis) is 1. The van der Waals surface area contributed by atoms with Crippen molar-refractivity contribution in [2.45, 2.75) is 13.0 Å². The summed E-state index contributed by atoms with van der Waals surface area (Å²) in [7, 11) is 0. The van der Waals surface area contributed by atoms with E-state index in [9.17, 15) is 19.2 Å². The highest BCUT2D eigenvalue weighted by Crippen LogP contribution is 2.22. The number of morpholine rings is 1. The number of carbonyl (C=O) groups is 4. The van der Waals surface area contributed by atoms with E-state index in [1.54, 1.807) is 49.4 Å². The minimum absolute atomic E-state index is 0.0944. The van der Waals surface area contributed by atoms with E-state index >= 15 is 0 Å². The van der Waals surface area contributed by atoms with Crippen LogP contribution in [0, 0.1) is 0 Å². The number of nitrogens with one attached hydrogen (secondary N) is 2. The van der Waals surface area contributed by atoms with Crippen molar-refractivity contribution >= 4 is 52.4 Å². The van der Waals surface area contributed by atoms with Gasteiger partial charge in [0.25, 0.3) is 17.7 Å². The first kappa shape index (κ1) is 24.5. The summed E-state index contributed by atoms with van der Waals surface area (Å²) in [6.45, 7) is 1.69. The molecule has 1 unspecified atom stereocenters. The average molecular weight is 495 g/mol. The number of rotatable bonds is 8. The lowest BCUT2D eigenvalue weighted by Crippen LogP contribution is -2.61. The molecule has 2 N–H and O–H groups in total. The van der Waals surface area contributed by atoms with Gasteiger partial charge in [0.15, 0.2) is 0 Å². The van der Waals surface area contributed by atoms with Crippen LogP contribution in [0.3, 0.4) is 0 Å². The van der Waals surface area contributed by atoms with Gasteiger partial charge in [-0.3, -0.25) is 14.4 Å². The first-order valence-electron chi connectivity index (χ1n) is 10.1. The molecule has 4 amide bonds. The molecular formula is C21H23ClN4O6S. The van der Waals surface area contributed by atoms with Crippen molar-refractivity contribution in [1.29, 1.82) is 0 Å². The Kier molecular flexibility index (Phi) is 8.64. The number of halogens is 1. The van der Waals surface area contributed by atoms with Crippen molar-refractivity contribution in [3.05, 3.63) is 51.7 Å². The van der Waals surface area contributed by atoms with Gasteiger partial charge < -0.3 is 20.1 Å². The summed E-state index contributed by atoms with van der Waals surface area (Å²) in [5.74, 6) is -1.50. The second-order valence-electron chi connectivity index (χ2n) is 6.79. The number of benzene rings is 1.